The molecule has 0 saturated heterocycles. The highest BCUT2D eigenvalue weighted by molar-refractivity contribution is 5.69. The third-order valence-electron chi connectivity index (χ3n) is 1.80. The number of halogens is 3. The average molecular weight is 200 g/mol. The molecule has 0 amide bonds. The Hall–Kier alpha value is -1.25. The molecule has 0 fully saturated rings. The molecule has 76 valence electrons. The van der Waals surface area contributed by atoms with Crippen LogP contribution in [0.5, 0.6) is 0 Å². The van der Waals surface area contributed by atoms with Crippen molar-refractivity contribution >= 4 is 5.57 Å². The maximum Gasteiger partial charge on any atom is 0.416 e. The number of hydrogen-bond acceptors (Lipinski definition) is 0. The van der Waals surface area contributed by atoms with E-state index in [4.69, 9.17) is 0 Å². The van der Waals surface area contributed by atoms with Gasteiger partial charge in [-0.15, -0.1) is 0 Å². The summed E-state index contributed by atoms with van der Waals surface area (Å²) in [6, 6.07) is 7.84. The second-order valence-electron chi connectivity index (χ2n) is 2.89. The fourth-order valence-electron chi connectivity index (χ4n) is 1.22. The molecule has 0 unspecified atom stereocenters. The van der Waals surface area contributed by atoms with E-state index in [9.17, 15) is 13.2 Å². The number of allylic oxidation sites excluding steroid dienone is 2. The lowest BCUT2D eigenvalue weighted by molar-refractivity contribution is -0.0690. The topological polar surface area (TPSA) is 0 Å². The van der Waals surface area contributed by atoms with Crippen LogP contribution in [0.15, 0.2) is 36.4 Å². The summed E-state index contributed by atoms with van der Waals surface area (Å²) >= 11 is 0. The first-order valence-corrected chi connectivity index (χ1v) is 4.38. The van der Waals surface area contributed by atoms with Crippen molar-refractivity contribution < 1.29 is 13.2 Å². The number of benzene rings is 1. The second kappa shape index (κ2) is 4.31. The SMILES string of the molecule is CC/C=C(\c1ccccc1)C(F)(F)F. The minimum Gasteiger partial charge on any atom is -0.166 e. The molecule has 14 heavy (non-hydrogen) atoms. The van der Waals surface area contributed by atoms with E-state index in [-0.39, 0.29) is 5.56 Å². The van der Waals surface area contributed by atoms with Gasteiger partial charge in [0, 0.05) is 0 Å². The van der Waals surface area contributed by atoms with Crippen LogP contribution in [-0.2, 0) is 0 Å². The maximum absolute atomic E-state index is 12.5. The normalized spacial score (nSPS) is 13.0. The predicted octanol–water partition coefficient (Wildman–Crippen LogP) is 4.04. The van der Waals surface area contributed by atoms with Gasteiger partial charge in [0.1, 0.15) is 0 Å². The van der Waals surface area contributed by atoms with Gasteiger partial charge >= 0.3 is 6.18 Å². The second-order valence-corrected chi connectivity index (χ2v) is 2.89. The van der Waals surface area contributed by atoms with Crippen molar-refractivity contribution in [1.29, 1.82) is 0 Å². The Bertz CT molecular complexity index is 309. The van der Waals surface area contributed by atoms with Gasteiger partial charge < -0.3 is 0 Å². The van der Waals surface area contributed by atoms with Crippen molar-refractivity contribution in [2.45, 2.75) is 19.5 Å². The van der Waals surface area contributed by atoms with Crippen molar-refractivity contribution in [3.63, 3.8) is 0 Å². The minimum atomic E-state index is -4.27. The molecule has 0 N–H and O–H groups in total. The summed E-state index contributed by atoms with van der Waals surface area (Å²) in [5.74, 6) is 0. The fraction of sp³-hybridized carbons (Fsp3) is 0.273. The van der Waals surface area contributed by atoms with Gasteiger partial charge in [-0.1, -0.05) is 43.3 Å². The predicted molar refractivity (Wildman–Crippen MR) is 50.8 cm³/mol. The first-order valence-electron chi connectivity index (χ1n) is 4.38. The van der Waals surface area contributed by atoms with E-state index >= 15 is 0 Å². The summed E-state index contributed by atoms with van der Waals surface area (Å²) in [5.41, 5.74) is -0.331. The van der Waals surface area contributed by atoms with Crippen molar-refractivity contribution in [3.8, 4) is 0 Å². The smallest absolute Gasteiger partial charge is 0.166 e. The molecular formula is C11H11F3. The molecule has 0 radical (unpaired) electrons. The Balaban J connectivity index is 3.09. The molecule has 0 aliphatic rings. The van der Waals surface area contributed by atoms with Crippen LogP contribution in [0.3, 0.4) is 0 Å². The zero-order chi connectivity index (χ0) is 10.6. The van der Waals surface area contributed by atoms with Gasteiger partial charge in [-0.25, -0.2) is 0 Å². The lowest BCUT2D eigenvalue weighted by atomic mass is 10.0. The van der Waals surface area contributed by atoms with Crippen LogP contribution in [0, 0.1) is 0 Å². The van der Waals surface area contributed by atoms with Gasteiger partial charge in [0.25, 0.3) is 0 Å². The molecule has 0 aromatic heterocycles. The monoisotopic (exact) mass is 200 g/mol. The van der Waals surface area contributed by atoms with Crippen molar-refractivity contribution in [2.24, 2.45) is 0 Å². The molecule has 0 aliphatic carbocycles. The van der Waals surface area contributed by atoms with Crippen LogP contribution in [0.2, 0.25) is 0 Å². The van der Waals surface area contributed by atoms with Gasteiger partial charge in [0.2, 0.25) is 0 Å². The zero-order valence-electron chi connectivity index (χ0n) is 7.81. The summed E-state index contributed by atoms with van der Waals surface area (Å²) in [7, 11) is 0. The minimum absolute atomic E-state index is 0.224. The van der Waals surface area contributed by atoms with Gasteiger partial charge in [0.05, 0.1) is 5.57 Å². The first kappa shape index (κ1) is 10.8. The van der Waals surface area contributed by atoms with Gasteiger partial charge in [-0.2, -0.15) is 13.2 Å². The highest BCUT2D eigenvalue weighted by Crippen LogP contribution is 2.33. The Kier molecular flexibility index (Phi) is 3.33. The maximum atomic E-state index is 12.5. The molecule has 0 saturated carbocycles. The van der Waals surface area contributed by atoms with E-state index < -0.39 is 11.7 Å². The van der Waals surface area contributed by atoms with Gasteiger partial charge in [0.15, 0.2) is 0 Å². The molecular weight excluding hydrogens is 189 g/mol. The lowest BCUT2D eigenvalue weighted by Crippen LogP contribution is -2.10. The highest BCUT2D eigenvalue weighted by atomic mass is 19.4. The summed E-state index contributed by atoms with van der Waals surface area (Å²) in [6.45, 7) is 1.69. The van der Waals surface area contributed by atoms with E-state index in [1.54, 1.807) is 25.1 Å². The lowest BCUT2D eigenvalue weighted by Gasteiger charge is -2.11. The molecule has 0 heterocycles. The van der Waals surface area contributed by atoms with Gasteiger partial charge in [-0.3, -0.25) is 0 Å². The standard InChI is InChI=1S/C11H11F3/c1-2-6-10(11(12,13)14)9-7-4-3-5-8-9/h3-8H,2H2,1H3/b10-6+. The van der Waals surface area contributed by atoms with Crippen LogP contribution >= 0.6 is 0 Å². The van der Waals surface area contributed by atoms with E-state index in [0.717, 1.165) is 0 Å². The van der Waals surface area contributed by atoms with E-state index in [1.165, 1.54) is 18.2 Å². The van der Waals surface area contributed by atoms with Crippen LogP contribution in [0.1, 0.15) is 18.9 Å². The molecule has 0 nitrogen and oxygen atoms in total. The number of rotatable bonds is 2. The van der Waals surface area contributed by atoms with Crippen LogP contribution in [0.25, 0.3) is 5.57 Å². The van der Waals surface area contributed by atoms with Gasteiger partial charge in [-0.05, 0) is 12.0 Å². The average Bonchev–Trinajstić information content (AvgIpc) is 2.14. The van der Waals surface area contributed by atoms with Crippen molar-refractivity contribution in [3.05, 3.63) is 42.0 Å². The highest BCUT2D eigenvalue weighted by Gasteiger charge is 2.33. The Morgan fingerprint density at radius 3 is 2.21 bits per heavy atom. The summed E-state index contributed by atoms with van der Waals surface area (Å²) in [6.07, 6.45) is -2.68. The quantitative estimate of drug-likeness (QED) is 0.675. The summed E-state index contributed by atoms with van der Waals surface area (Å²) in [4.78, 5) is 0. The Morgan fingerprint density at radius 2 is 1.79 bits per heavy atom. The van der Waals surface area contributed by atoms with E-state index in [2.05, 4.69) is 0 Å². The van der Waals surface area contributed by atoms with Crippen LogP contribution < -0.4 is 0 Å². The third-order valence-corrected chi connectivity index (χ3v) is 1.80. The van der Waals surface area contributed by atoms with E-state index in [1.807, 2.05) is 0 Å². The van der Waals surface area contributed by atoms with Crippen LogP contribution in [-0.4, -0.2) is 6.18 Å². The fourth-order valence-corrected chi connectivity index (χ4v) is 1.22. The summed E-state index contributed by atoms with van der Waals surface area (Å²) < 4.78 is 37.6. The molecule has 1 aromatic rings. The molecule has 1 aromatic carbocycles. The van der Waals surface area contributed by atoms with E-state index in [0.29, 0.717) is 6.42 Å². The first-order chi connectivity index (χ1) is 6.55. The molecule has 3 heteroatoms. The molecule has 1 rings (SSSR count). The third kappa shape index (κ3) is 2.62. The van der Waals surface area contributed by atoms with Crippen molar-refractivity contribution in [1.82, 2.24) is 0 Å². The van der Waals surface area contributed by atoms with Crippen LogP contribution in [0.4, 0.5) is 13.2 Å². The Morgan fingerprint density at radius 1 is 1.21 bits per heavy atom. The summed E-state index contributed by atoms with van der Waals surface area (Å²) in [5, 5.41) is 0. The largest absolute Gasteiger partial charge is 0.416 e. The van der Waals surface area contributed by atoms with Crippen molar-refractivity contribution in [2.75, 3.05) is 0 Å². The Labute approximate surface area is 81.1 Å². The molecule has 0 bridgehead atoms. The molecule has 0 atom stereocenters. The molecule has 0 aliphatic heterocycles. The number of alkyl halides is 3. The zero-order valence-corrected chi connectivity index (χ0v) is 7.81. The number of hydrogen-bond donors (Lipinski definition) is 0. The molecule has 0 spiro atoms.